The van der Waals surface area contributed by atoms with Crippen molar-refractivity contribution in [2.24, 2.45) is 0 Å². The van der Waals surface area contributed by atoms with E-state index < -0.39 is 7.14 Å². The van der Waals surface area contributed by atoms with E-state index in [1.807, 2.05) is 6.07 Å². The van der Waals surface area contributed by atoms with Crippen molar-refractivity contribution in [3.63, 3.8) is 0 Å². The van der Waals surface area contributed by atoms with Gasteiger partial charge < -0.3 is 24.4 Å². The van der Waals surface area contributed by atoms with E-state index in [-0.39, 0.29) is 0 Å². The first-order valence-corrected chi connectivity index (χ1v) is 14.1. The number of nitrogens with one attached hydrogen (secondary N) is 1. The molecule has 3 aromatic rings. The van der Waals surface area contributed by atoms with Crippen molar-refractivity contribution in [3.05, 3.63) is 59.1 Å². The van der Waals surface area contributed by atoms with Gasteiger partial charge in [0.05, 0.1) is 19.0 Å². The molecular formula is C24H30ClN6O2P. The summed E-state index contributed by atoms with van der Waals surface area (Å²) in [7, 11) is 1.24. The number of rotatable bonds is 7. The fraction of sp³-hybridized carbons (Fsp3) is 0.375. The van der Waals surface area contributed by atoms with Crippen molar-refractivity contribution < 1.29 is 9.30 Å². The smallest absolute Gasteiger partial charge is 0.153 e. The monoisotopic (exact) mass is 500 g/mol. The standard InChI is InChI=1S/C24H30ClN6O2P/c1-30-10-12-31(13-11-30)18-8-7-17(21(15-18)33-2)14-22-27-16-19(25)23(29-22)28-20-6-5-9-26-24(20)34(3,4)32/h5-9,15-16H,10-14H2,1-4H3,(H,27,28,29). The third kappa shape index (κ3) is 5.69. The van der Waals surface area contributed by atoms with E-state index >= 15 is 0 Å². The Balaban J connectivity index is 1.56. The minimum Gasteiger partial charge on any atom is -0.496 e. The van der Waals surface area contributed by atoms with E-state index in [2.05, 4.69) is 55.3 Å². The maximum atomic E-state index is 12.7. The Labute approximate surface area is 205 Å². The van der Waals surface area contributed by atoms with Crippen LogP contribution in [0.15, 0.2) is 42.7 Å². The van der Waals surface area contributed by atoms with Crippen molar-refractivity contribution in [1.82, 2.24) is 19.9 Å². The largest absolute Gasteiger partial charge is 0.496 e. The lowest BCUT2D eigenvalue weighted by Gasteiger charge is -2.34. The first-order valence-electron chi connectivity index (χ1n) is 11.1. The third-order valence-corrected chi connectivity index (χ3v) is 7.48. The van der Waals surface area contributed by atoms with Gasteiger partial charge in [-0.05, 0) is 38.6 Å². The summed E-state index contributed by atoms with van der Waals surface area (Å²) in [5, 5.41) is 3.57. The Kier molecular flexibility index (Phi) is 7.41. The van der Waals surface area contributed by atoms with Gasteiger partial charge in [-0.1, -0.05) is 17.7 Å². The normalized spacial score (nSPS) is 14.8. The maximum absolute atomic E-state index is 12.7. The zero-order chi connectivity index (χ0) is 24.3. The molecule has 0 bridgehead atoms. The van der Waals surface area contributed by atoms with E-state index in [4.69, 9.17) is 16.3 Å². The van der Waals surface area contributed by atoms with Crippen LogP contribution < -0.4 is 20.4 Å². The lowest BCUT2D eigenvalue weighted by molar-refractivity contribution is 0.312. The highest BCUT2D eigenvalue weighted by atomic mass is 35.5. The molecule has 0 spiro atoms. The summed E-state index contributed by atoms with van der Waals surface area (Å²) in [4.78, 5) is 18.1. The number of ether oxygens (including phenoxy) is 1. The Hall–Kier alpha value is -2.67. The highest BCUT2D eigenvalue weighted by Crippen LogP contribution is 2.37. The number of halogens is 1. The van der Waals surface area contributed by atoms with Gasteiger partial charge in [-0.3, -0.25) is 4.98 Å². The fourth-order valence-corrected chi connectivity index (χ4v) is 5.13. The van der Waals surface area contributed by atoms with Crippen LogP contribution in [0.1, 0.15) is 11.4 Å². The molecule has 1 aliphatic heterocycles. The van der Waals surface area contributed by atoms with Gasteiger partial charge in [0.25, 0.3) is 0 Å². The van der Waals surface area contributed by atoms with Crippen LogP contribution in [0.3, 0.4) is 0 Å². The van der Waals surface area contributed by atoms with Gasteiger partial charge in [-0.2, -0.15) is 0 Å². The number of hydrogen-bond acceptors (Lipinski definition) is 8. The topological polar surface area (TPSA) is 83.5 Å². The van der Waals surface area contributed by atoms with Crippen LogP contribution in [0.5, 0.6) is 5.75 Å². The molecule has 2 aromatic heterocycles. The molecule has 1 N–H and O–H groups in total. The SMILES string of the molecule is COc1cc(N2CCN(C)CC2)ccc1Cc1ncc(Cl)c(Nc2cccnc2P(C)(C)=O)n1. The number of hydrogen-bond donors (Lipinski definition) is 1. The number of likely N-dealkylation sites (N-methyl/N-ethyl adjacent to an activating group) is 1. The number of anilines is 3. The molecule has 0 atom stereocenters. The van der Waals surface area contributed by atoms with E-state index in [1.165, 1.54) is 0 Å². The predicted octanol–water partition coefficient (Wildman–Crippen LogP) is 3.87. The van der Waals surface area contributed by atoms with Crippen LogP contribution in [-0.2, 0) is 11.0 Å². The zero-order valence-corrected chi connectivity index (χ0v) is 21.6. The highest BCUT2D eigenvalue weighted by Gasteiger charge is 2.20. The van der Waals surface area contributed by atoms with E-state index in [0.717, 1.165) is 43.2 Å². The molecule has 1 saturated heterocycles. The highest BCUT2D eigenvalue weighted by molar-refractivity contribution is 7.70. The average molecular weight is 501 g/mol. The molecule has 34 heavy (non-hydrogen) atoms. The molecule has 10 heteroatoms. The molecule has 1 aromatic carbocycles. The maximum Gasteiger partial charge on any atom is 0.153 e. The molecule has 0 unspecified atom stereocenters. The van der Waals surface area contributed by atoms with Crippen LogP contribution in [0.25, 0.3) is 0 Å². The van der Waals surface area contributed by atoms with E-state index in [9.17, 15) is 4.57 Å². The Morgan fingerprint density at radius 1 is 1.15 bits per heavy atom. The Morgan fingerprint density at radius 2 is 1.91 bits per heavy atom. The molecule has 0 radical (unpaired) electrons. The van der Waals surface area contributed by atoms with Crippen LogP contribution in [0.4, 0.5) is 17.2 Å². The Morgan fingerprint density at radius 3 is 2.62 bits per heavy atom. The summed E-state index contributed by atoms with van der Waals surface area (Å²) >= 11 is 6.38. The molecule has 0 amide bonds. The second-order valence-electron chi connectivity index (χ2n) is 8.80. The van der Waals surface area contributed by atoms with E-state index in [0.29, 0.717) is 34.2 Å². The van der Waals surface area contributed by atoms with Crippen molar-refractivity contribution in [2.75, 3.05) is 63.9 Å². The molecule has 0 saturated carbocycles. The summed E-state index contributed by atoms with van der Waals surface area (Å²) in [5.74, 6) is 1.85. The van der Waals surface area contributed by atoms with Gasteiger partial charge in [0, 0.05) is 56.1 Å². The summed E-state index contributed by atoms with van der Waals surface area (Å²) < 4.78 is 18.4. The van der Waals surface area contributed by atoms with Gasteiger partial charge in [0.1, 0.15) is 29.2 Å². The van der Waals surface area contributed by atoms with Gasteiger partial charge in [0.15, 0.2) is 5.82 Å². The molecular weight excluding hydrogens is 471 g/mol. The van der Waals surface area contributed by atoms with Crippen molar-refractivity contribution in [1.29, 1.82) is 0 Å². The molecule has 8 nitrogen and oxygen atoms in total. The number of methoxy groups -OCH3 is 1. The van der Waals surface area contributed by atoms with Crippen molar-refractivity contribution >= 4 is 41.4 Å². The first-order chi connectivity index (χ1) is 16.2. The number of piperazine rings is 1. The average Bonchev–Trinajstić information content (AvgIpc) is 2.81. The van der Waals surface area contributed by atoms with E-state index in [1.54, 1.807) is 38.9 Å². The molecule has 180 valence electrons. The molecule has 1 aliphatic rings. The van der Waals surface area contributed by atoms with Crippen LogP contribution in [0.2, 0.25) is 5.02 Å². The third-order valence-electron chi connectivity index (χ3n) is 5.83. The zero-order valence-electron chi connectivity index (χ0n) is 20.0. The van der Waals surface area contributed by atoms with Crippen LogP contribution in [0, 0.1) is 0 Å². The van der Waals surface area contributed by atoms with Gasteiger partial charge in [-0.25, -0.2) is 9.97 Å². The summed E-state index contributed by atoms with van der Waals surface area (Å²) in [6.07, 6.45) is 3.69. The second-order valence-corrected chi connectivity index (χ2v) is 12.3. The fourth-order valence-electron chi connectivity index (χ4n) is 3.94. The number of benzene rings is 1. The molecule has 3 heterocycles. The Bertz CT molecular complexity index is 1210. The minimum atomic E-state index is -2.59. The van der Waals surface area contributed by atoms with Gasteiger partial charge >= 0.3 is 0 Å². The molecule has 4 rings (SSSR count). The number of pyridine rings is 1. The second kappa shape index (κ2) is 10.3. The van der Waals surface area contributed by atoms with Crippen molar-refractivity contribution in [3.8, 4) is 5.75 Å². The molecule has 0 aliphatic carbocycles. The van der Waals surface area contributed by atoms with Gasteiger partial charge in [-0.15, -0.1) is 0 Å². The van der Waals surface area contributed by atoms with Crippen LogP contribution >= 0.6 is 18.7 Å². The molecule has 1 fully saturated rings. The quantitative estimate of drug-likeness (QED) is 0.489. The summed E-state index contributed by atoms with van der Waals surface area (Å²) in [5.41, 5.74) is 3.27. The predicted molar refractivity (Wildman–Crippen MR) is 139 cm³/mol. The van der Waals surface area contributed by atoms with Crippen LogP contribution in [-0.4, -0.2) is 73.5 Å². The lowest BCUT2D eigenvalue weighted by atomic mass is 10.1. The van der Waals surface area contributed by atoms with Crippen molar-refractivity contribution in [2.45, 2.75) is 6.42 Å². The number of aromatic nitrogens is 3. The summed E-state index contributed by atoms with van der Waals surface area (Å²) in [6.45, 7) is 7.45. The first kappa shape index (κ1) is 24.5. The van der Waals surface area contributed by atoms with Gasteiger partial charge in [0.2, 0.25) is 0 Å². The number of nitrogens with zero attached hydrogens (tertiary/aromatic N) is 5. The summed E-state index contributed by atoms with van der Waals surface area (Å²) in [6, 6.07) is 9.88. The minimum absolute atomic E-state index is 0.373. The lowest BCUT2D eigenvalue weighted by Crippen LogP contribution is -2.44.